The zero-order valence-electron chi connectivity index (χ0n) is 9.54. The van der Waals surface area contributed by atoms with E-state index in [1.54, 1.807) is 4.90 Å². The van der Waals surface area contributed by atoms with Crippen molar-refractivity contribution in [1.29, 1.82) is 0 Å². The van der Waals surface area contributed by atoms with Gasteiger partial charge in [0.05, 0.1) is 19.3 Å². The lowest BCUT2D eigenvalue weighted by atomic mass is 10.1. The molecule has 0 spiro atoms. The van der Waals surface area contributed by atoms with Gasteiger partial charge in [-0.3, -0.25) is 4.79 Å². The van der Waals surface area contributed by atoms with E-state index in [-0.39, 0.29) is 5.91 Å². The summed E-state index contributed by atoms with van der Waals surface area (Å²) in [6, 6.07) is -0.514. The molecule has 0 saturated carbocycles. The summed E-state index contributed by atoms with van der Waals surface area (Å²) in [4.78, 5) is 13.7. The van der Waals surface area contributed by atoms with Gasteiger partial charge in [0.2, 0.25) is 18.2 Å². The van der Waals surface area contributed by atoms with Gasteiger partial charge in [-0.1, -0.05) is 0 Å². The molecule has 1 amide bonds. The topological polar surface area (TPSA) is 94.5 Å². The zero-order valence-corrected chi connectivity index (χ0v) is 9.54. The van der Waals surface area contributed by atoms with E-state index in [2.05, 4.69) is 10.2 Å². The van der Waals surface area contributed by atoms with Crippen LogP contribution in [0, 0.1) is 0 Å². The van der Waals surface area contributed by atoms with Gasteiger partial charge in [0.15, 0.2) is 0 Å². The number of aromatic nitrogens is 2. The first-order chi connectivity index (χ1) is 8.27. The predicted octanol–water partition coefficient (Wildman–Crippen LogP) is -0.812. The first-order valence-electron chi connectivity index (χ1n) is 5.64. The SMILES string of the molecule is NC(CCc1nnco1)C(=O)N1CCOCC1. The molecule has 0 radical (unpaired) electrons. The van der Waals surface area contributed by atoms with Crippen LogP contribution in [-0.2, 0) is 16.0 Å². The number of aryl methyl sites for hydroxylation is 1. The quantitative estimate of drug-likeness (QED) is 0.739. The van der Waals surface area contributed by atoms with Gasteiger partial charge in [-0.05, 0) is 6.42 Å². The van der Waals surface area contributed by atoms with E-state index in [9.17, 15) is 4.79 Å². The fourth-order valence-electron chi connectivity index (χ4n) is 1.73. The number of nitrogens with two attached hydrogens (primary N) is 1. The lowest BCUT2D eigenvalue weighted by Gasteiger charge is -2.29. The molecule has 0 aromatic carbocycles. The second kappa shape index (κ2) is 5.74. The van der Waals surface area contributed by atoms with Crippen LogP contribution in [-0.4, -0.2) is 53.3 Å². The Morgan fingerprint density at radius 3 is 2.94 bits per heavy atom. The molecule has 0 bridgehead atoms. The molecule has 1 aromatic rings. The number of rotatable bonds is 4. The molecule has 2 N–H and O–H groups in total. The van der Waals surface area contributed by atoms with Gasteiger partial charge in [0.25, 0.3) is 0 Å². The second-order valence-corrected chi connectivity index (χ2v) is 3.92. The standard InChI is InChI=1S/C10H16N4O3/c11-8(1-2-9-13-12-7-17-9)10(15)14-3-5-16-6-4-14/h7-8H,1-6,11H2. The molecule has 17 heavy (non-hydrogen) atoms. The largest absolute Gasteiger partial charge is 0.428 e. The third-order valence-corrected chi connectivity index (χ3v) is 2.71. The average molecular weight is 240 g/mol. The zero-order chi connectivity index (χ0) is 12.1. The summed E-state index contributed by atoms with van der Waals surface area (Å²) in [7, 11) is 0. The van der Waals surface area contributed by atoms with Crippen LogP contribution in [0.25, 0.3) is 0 Å². The first kappa shape index (κ1) is 12.0. The summed E-state index contributed by atoms with van der Waals surface area (Å²) in [5.74, 6) is 0.475. The average Bonchev–Trinajstić information content (AvgIpc) is 2.89. The highest BCUT2D eigenvalue weighted by Crippen LogP contribution is 2.05. The summed E-state index contributed by atoms with van der Waals surface area (Å²) in [5.41, 5.74) is 5.84. The van der Waals surface area contributed by atoms with Crippen LogP contribution in [0.1, 0.15) is 12.3 Å². The number of hydrogen-bond acceptors (Lipinski definition) is 6. The minimum Gasteiger partial charge on any atom is -0.428 e. The summed E-state index contributed by atoms with van der Waals surface area (Å²) in [5, 5.41) is 7.31. The molecule has 2 rings (SSSR count). The number of carbonyl (C=O) groups excluding carboxylic acids is 1. The van der Waals surface area contributed by atoms with E-state index in [0.717, 1.165) is 0 Å². The van der Waals surface area contributed by atoms with Crippen LogP contribution < -0.4 is 5.73 Å². The van der Waals surface area contributed by atoms with Crippen molar-refractivity contribution < 1.29 is 13.9 Å². The third-order valence-electron chi connectivity index (χ3n) is 2.71. The summed E-state index contributed by atoms with van der Waals surface area (Å²) < 4.78 is 10.2. The fraction of sp³-hybridized carbons (Fsp3) is 0.700. The molecular weight excluding hydrogens is 224 g/mol. The second-order valence-electron chi connectivity index (χ2n) is 3.92. The van der Waals surface area contributed by atoms with Crippen molar-refractivity contribution in [3.8, 4) is 0 Å². The van der Waals surface area contributed by atoms with Crippen molar-refractivity contribution in [3.63, 3.8) is 0 Å². The molecule has 1 saturated heterocycles. The third kappa shape index (κ3) is 3.24. The Kier molecular flexibility index (Phi) is 4.05. The predicted molar refractivity (Wildman–Crippen MR) is 58.0 cm³/mol. The summed E-state index contributed by atoms with van der Waals surface area (Å²) in [6.07, 6.45) is 2.31. The smallest absolute Gasteiger partial charge is 0.239 e. The molecule has 1 aromatic heterocycles. The molecule has 1 atom stereocenters. The highest BCUT2D eigenvalue weighted by Gasteiger charge is 2.22. The Morgan fingerprint density at radius 1 is 1.53 bits per heavy atom. The van der Waals surface area contributed by atoms with Gasteiger partial charge < -0.3 is 19.8 Å². The van der Waals surface area contributed by atoms with Crippen LogP contribution >= 0.6 is 0 Å². The van der Waals surface area contributed by atoms with Crippen molar-refractivity contribution in [2.45, 2.75) is 18.9 Å². The van der Waals surface area contributed by atoms with Crippen LogP contribution in [0.5, 0.6) is 0 Å². The molecule has 2 heterocycles. The molecule has 0 aliphatic carbocycles. The van der Waals surface area contributed by atoms with E-state index in [1.807, 2.05) is 0 Å². The molecule has 94 valence electrons. The number of morpholine rings is 1. The van der Waals surface area contributed by atoms with E-state index < -0.39 is 6.04 Å². The van der Waals surface area contributed by atoms with Crippen molar-refractivity contribution in [2.75, 3.05) is 26.3 Å². The number of ether oxygens (including phenoxy) is 1. The van der Waals surface area contributed by atoms with Crippen LogP contribution in [0.2, 0.25) is 0 Å². The van der Waals surface area contributed by atoms with E-state index >= 15 is 0 Å². The monoisotopic (exact) mass is 240 g/mol. The van der Waals surface area contributed by atoms with Crippen LogP contribution in [0.4, 0.5) is 0 Å². The Bertz CT molecular complexity index is 348. The van der Waals surface area contributed by atoms with Gasteiger partial charge in [0, 0.05) is 19.5 Å². The summed E-state index contributed by atoms with van der Waals surface area (Å²) in [6.45, 7) is 2.41. The minimum absolute atomic E-state index is 0.0344. The number of carbonyl (C=O) groups is 1. The van der Waals surface area contributed by atoms with Gasteiger partial charge in [-0.25, -0.2) is 0 Å². The van der Waals surface area contributed by atoms with Gasteiger partial charge in [-0.15, -0.1) is 10.2 Å². The Balaban J connectivity index is 1.78. The van der Waals surface area contributed by atoms with Crippen molar-refractivity contribution in [3.05, 3.63) is 12.3 Å². The molecule has 1 unspecified atom stereocenters. The van der Waals surface area contributed by atoms with Gasteiger partial charge in [-0.2, -0.15) is 0 Å². The van der Waals surface area contributed by atoms with Crippen LogP contribution in [0.15, 0.2) is 10.8 Å². The Hall–Kier alpha value is -1.47. The molecule has 7 nitrogen and oxygen atoms in total. The van der Waals surface area contributed by atoms with E-state index in [4.69, 9.17) is 14.9 Å². The number of hydrogen-bond donors (Lipinski definition) is 1. The molecule has 1 aliphatic rings. The highest BCUT2D eigenvalue weighted by atomic mass is 16.5. The van der Waals surface area contributed by atoms with Crippen molar-refractivity contribution in [1.82, 2.24) is 15.1 Å². The lowest BCUT2D eigenvalue weighted by Crippen LogP contribution is -2.48. The fourth-order valence-corrected chi connectivity index (χ4v) is 1.73. The molecule has 7 heteroatoms. The van der Waals surface area contributed by atoms with Crippen molar-refractivity contribution in [2.24, 2.45) is 5.73 Å². The lowest BCUT2D eigenvalue weighted by molar-refractivity contribution is -0.136. The molecule has 1 fully saturated rings. The Labute approximate surface area is 98.9 Å². The molecule has 1 aliphatic heterocycles. The van der Waals surface area contributed by atoms with Crippen LogP contribution in [0.3, 0.4) is 0 Å². The molecular formula is C10H16N4O3. The van der Waals surface area contributed by atoms with Gasteiger partial charge >= 0.3 is 0 Å². The van der Waals surface area contributed by atoms with Crippen molar-refractivity contribution >= 4 is 5.91 Å². The number of amides is 1. The maximum absolute atomic E-state index is 11.9. The summed E-state index contributed by atoms with van der Waals surface area (Å²) >= 11 is 0. The van der Waals surface area contributed by atoms with E-state index in [0.29, 0.717) is 45.0 Å². The van der Waals surface area contributed by atoms with Gasteiger partial charge in [0.1, 0.15) is 0 Å². The normalized spacial score (nSPS) is 18.1. The maximum atomic E-state index is 11.9. The maximum Gasteiger partial charge on any atom is 0.239 e. The Morgan fingerprint density at radius 2 is 2.29 bits per heavy atom. The highest BCUT2D eigenvalue weighted by molar-refractivity contribution is 5.81. The van der Waals surface area contributed by atoms with E-state index in [1.165, 1.54) is 6.39 Å². The first-order valence-corrected chi connectivity index (χ1v) is 5.64. The number of nitrogens with zero attached hydrogens (tertiary/aromatic N) is 3. The minimum atomic E-state index is -0.514.